The lowest BCUT2D eigenvalue weighted by atomic mass is 10.3. The highest BCUT2D eigenvalue weighted by molar-refractivity contribution is 5.74. The van der Waals surface area contributed by atoms with Gasteiger partial charge in [0.05, 0.1) is 11.7 Å². The topological polar surface area (TPSA) is 56.7 Å². The first-order valence-electron chi connectivity index (χ1n) is 5.25. The van der Waals surface area contributed by atoms with Gasteiger partial charge in [0.1, 0.15) is 11.3 Å². The molecule has 2 rings (SSSR count). The molecular formula is C11H16N4. The molecule has 2 N–H and O–H groups in total. The number of hydrogen-bond donors (Lipinski definition) is 1. The summed E-state index contributed by atoms with van der Waals surface area (Å²) in [4.78, 5) is 8.62. The standard InChI is InChI=1S/C11H16N4/c1-8(2)15-10-4-6-13-7-9(10)14-11(15)3-5-12/h4,6-8H,3,5,12H2,1-2H3. The monoisotopic (exact) mass is 204 g/mol. The lowest BCUT2D eigenvalue weighted by molar-refractivity contribution is 0.584. The Kier molecular flexibility index (Phi) is 2.68. The van der Waals surface area contributed by atoms with Crippen LogP contribution in [-0.2, 0) is 6.42 Å². The molecule has 4 nitrogen and oxygen atoms in total. The van der Waals surface area contributed by atoms with Gasteiger partial charge in [-0.3, -0.25) is 4.98 Å². The zero-order valence-corrected chi connectivity index (χ0v) is 9.14. The molecular weight excluding hydrogens is 188 g/mol. The molecule has 0 radical (unpaired) electrons. The van der Waals surface area contributed by atoms with Crippen LogP contribution in [0.25, 0.3) is 11.0 Å². The van der Waals surface area contributed by atoms with Crippen molar-refractivity contribution in [2.45, 2.75) is 26.3 Å². The van der Waals surface area contributed by atoms with E-state index in [1.165, 1.54) is 0 Å². The normalized spacial score (nSPS) is 11.5. The van der Waals surface area contributed by atoms with Crippen LogP contribution in [0.2, 0.25) is 0 Å². The predicted molar refractivity (Wildman–Crippen MR) is 60.7 cm³/mol. The summed E-state index contributed by atoms with van der Waals surface area (Å²) in [5.41, 5.74) is 7.68. The van der Waals surface area contributed by atoms with Gasteiger partial charge in [0.2, 0.25) is 0 Å². The Morgan fingerprint density at radius 3 is 2.93 bits per heavy atom. The Balaban J connectivity index is 2.63. The van der Waals surface area contributed by atoms with Crippen LogP contribution in [0.5, 0.6) is 0 Å². The summed E-state index contributed by atoms with van der Waals surface area (Å²) < 4.78 is 2.23. The molecule has 2 aromatic rings. The molecule has 0 aliphatic heterocycles. The van der Waals surface area contributed by atoms with Gasteiger partial charge in [0, 0.05) is 18.7 Å². The van der Waals surface area contributed by atoms with Crippen molar-refractivity contribution < 1.29 is 0 Å². The number of fused-ring (bicyclic) bond motifs is 1. The smallest absolute Gasteiger partial charge is 0.111 e. The van der Waals surface area contributed by atoms with E-state index in [1.807, 2.05) is 6.07 Å². The van der Waals surface area contributed by atoms with Gasteiger partial charge in [-0.2, -0.15) is 0 Å². The van der Waals surface area contributed by atoms with Crippen LogP contribution in [-0.4, -0.2) is 21.1 Å². The summed E-state index contributed by atoms with van der Waals surface area (Å²) >= 11 is 0. The largest absolute Gasteiger partial charge is 0.330 e. The maximum Gasteiger partial charge on any atom is 0.111 e. The maximum absolute atomic E-state index is 5.58. The van der Waals surface area contributed by atoms with Crippen molar-refractivity contribution in [1.82, 2.24) is 14.5 Å². The number of nitrogens with two attached hydrogens (primary N) is 1. The summed E-state index contributed by atoms with van der Waals surface area (Å²) in [7, 11) is 0. The van der Waals surface area contributed by atoms with Gasteiger partial charge < -0.3 is 10.3 Å². The van der Waals surface area contributed by atoms with Crippen LogP contribution >= 0.6 is 0 Å². The second kappa shape index (κ2) is 3.98. The minimum Gasteiger partial charge on any atom is -0.330 e. The summed E-state index contributed by atoms with van der Waals surface area (Å²) in [6, 6.07) is 2.40. The first kappa shape index (κ1) is 10.1. The Hall–Kier alpha value is -1.42. The van der Waals surface area contributed by atoms with Crippen LogP contribution < -0.4 is 5.73 Å². The van der Waals surface area contributed by atoms with Crippen molar-refractivity contribution in [2.24, 2.45) is 5.73 Å². The average molecular weight is 204 g/mol. The van der Waals surface area contributed by atoms with Gasteiger partial charge in [-0.25, -0.2) is 4.98 Å². The Morgan fingerprint density at radius 2 is 2.27 bits per heavy atom. The van der Waals surface area contributed by atoms with E-state index >= 15 is 0 Å². The summed E-state index contributed by atoms with van der Waals surface area (Å²) in [5.74, 6) is 1.05. The van der Waals surface area contributed by atoms with Crippen molar-refractivity contribution in [3.63, 3.8) is 0 Å². The minimum absolute atomic E-state index is 0.402. The van der Waals surface area contributed by atoms with Gasteiger partial charge in [-0.1, -0.05) is 0 Å². The van der Waals surface area contributed by atoms with Gasteiger partial charge in [-0.15, -0.1) is 0 Å². The molecule has 0 amide bonds. The second-order valence-corrected chi connectivity index (χ2v) is 3.89. The molecule has 0 atom stereocenters. The van der Waals surface area contributed by atoms with Crippen LogP contribution in [0.3, 0.4) is 0 Å². The molecule has 0 spiro atoms. The molecule has 0 aromatic carbocycles. The van der Waals surface area contributed by atoms with E-state index in [2.05, 4.69) is 28.4 Å². The third-order valence-electron chi connectivity index (χ3n) is 2.45. The van der Waals surface area contributed by atoms with Crippen molar-refractivity contribution in [2.75, 3.05) is 6.54 Å². The van der Waals surface area contributed by atoms with E-state index in [4.69, 9.17) is 5.73 Å². The Labute approximate surface area is 89.1 Å². The molecule has 0 aliphatic carbocycles. The third-order valence-corrected chi connectivity index (χ3v) is 2.45. The van der Waals surface area contributed by atoms with Gasteiger partial charge in [0.15, 0.2) is 0 Å². The number of pyridine rings is 1. The van der Waals surface area contributed by atoms with Gasteiger partial charge >= 0.3 is 0 Å². The average Bonchev–Trinajstić information content (AvgIpc) is 2.56. The summed E-state index contributed by atoms with van der Waals surface area (Å²) in [5, 5.41) is 0. The lowest BCUT2D eigenvalue weighted by Crippen LogP contribution is -2.11. The third kappa shape index (κ3) is 1.72. The fourth-order valence-electron chi connectivity index (χ4n) is 1.88. The van der Waals surface area contributed by atoms with Crippen LogP contribution in [0, 0.1) is 0 Å². The maximum atomic E-state index is 5.58. The highest BCUT2D eigenvalue weighted by Crippen LogP contribution is 2.19. The molecule has 2 aromatic heterocycles. The molecule has 0 unspecified atom stereocenters. The number of aromatic nitrogens is 3. The number of imidazole rings is 1. The van der Waals surface area contributed by atoms with Crippen LogP contribution in [0.15, 0.2) is 18.5 Å². The fraction of sp³-hybridized carbons (Fsp3) is 0.455. The zero-order chi connectivity index (χ0) is 10.8. The van der Waals surface area contributed by atoms with Crippen LogP contribution in [0.1, 0.15) is 25.7 Å². The molecule has 2 heterocycles. The molecule has 0 saturated heterocycles. The van der Waals surface area contributed by atoms with E-state index in [0.29, 0.717) is 12.6 Å². The number of nitrogens with zero attached hydrogens (tertiary/aromatic N) is 3. The molecule has 4 heteroatoms. The minimum atomic E-state index is 0.402. The Bertz CT molecular complexity index is 459. The zero-order valence-electron chi connectivity index (χ0n) is 9.14. The predicted octanol–water partition coefficient (Wildman–Crippen LogP) is 1.51. The SMILES string of the molecule is CC(C)n1c(CCN)nc2cnccc21. The lowest BCUT2D eigenvalue weighted by Gasteiger charge is -2.12. The molecule has 15 heavy (non-hydrogen) atoms. The summed E-state index contributed by atoms with van der Waals surface area (Å²) in [6.07, 6.45) is 4.41. The first-order valence-corrected chi connectivity index (χ1v) is 5.25. The van der Waals surface area contributed by atoms with E-state index in [1.54, 1.807) is 12.4 Å². The van der Waals surface area contributed by atoms with E-state index < -0.39 is 0 Å². The van der Waals surface area contributed by atoms with Crippen LogP contribution in [0.4, 0.5) is 0 Å². The molecule has 0 saturated carbocycles. The highest BCUT2D eigenvalue weighted by Gasteiger charge is 2.11. The fourth-order valence-corrected chi connectivity index (χ4v) is 1.88. The molecule has 0 fully saturated rings. The summed E-state index contributed by atoms with van der Waals surface area (Å²) in [6.45, 7) is 4.94. The molecule has 0 bridgehead atoms. The van der Waals surface area contributed by atoms with Gasteiger partial charge in [-0.05, 0) is 26.5 Å². The van der Waals surface area contributed by atoms with Crippen molar-refractivity contribution in [1.29, 1.82) is 0 Å². The quantitative estimate of drug-likeness (QED) is 0.824. The molecule has 80 valence electrons. The van der Waals surface area contributed by atoms with E-state index in [-0.39, 0.29) is 0 Å². The second-order valence-electron chi connectivity index (χ2n) is 3.89. The molecule has 0 aliphatic rings. The van der Waals surface area contributed by atoms with Gasteiger partial charge in [0.25, 0.3) is 0 Å². The van der Waals surface area contributed by atoms with Crippen molar-refractivity contribution in [3.8, 4) is 0 Å². The van der Waals surface area contributed by atoms with Crippen molar-refractivity contribution >= 4 is 11.0 Å². The van der Waals surface area contributed by atoms with E-state index in [0.717, 1.165) is 23.3 Å². The first-order chi connectivity index (χ1) is 7.24. The Morgan fingerprint density at radius 1 is 1.47 bits per heavy atom. The van der Waals surface area contributed by atoms with Crippen molar-refractivity contribution in [3.05, 3.63) is 24.3 Å². The van der Waals surface area contributed by atoms with E-state index in [9.17, 15) is 0 Å². The number of hydrogen-bond acceptors (Lipinski definition) is 3. The number of rotatable bonds is 3. The highest BCUT2D eigenvalue weighted by atomic mass is 15.1.